The van der Waals surface area contributed by atoms with E-state index in [1.54, 1.807) is 0 Å². The highest BCUT2D eigenvalue weighted by molar-refractivity contribution is 5.13. The molecule has 1 unspecified atom stereocenters. The first-order chi connectivity index (χ1) is 7.79. The Morgan fingerprint density at radius 3 is 2.69 bits per heavy atom. The third-order valence-corrected chi connectivity index (χ3v) is 3.74. The summed E-state index contributed by atoms with van der Waals surface area (Å²) in [5.74, 6) is 0.855. The second-order valence-electron chi connectivity index (χ2n) is 4.97. The van der Waals surface area contributed by atoms with Crippen LogP contribution in [0, 0.1) is 12.8 Å². The van der Waals surface area contributed by atoms with E-state index in [1.807, 2.05) is 6.20 Å². The fourth-order valence-corrected chi connectivity index (χ4v) is 2.71. The van der Waals surface area contributed by atoms with Crippen molar-refractivity contribution in [2.24, 2.45) is 5.92 Å². The van der Waals surface area contributed by atoms with Gasteiger partial charge in [0.25, 0.3) is 0 Å². The molecule has 0 bridgehead atoms. The van der Waals surface area contributed by atoms with Crippen molar-refractivity contribution < 1.29 is 0 Å². The summed E-state index contributed by atoms with van der Waals surface area (Å²) >= 11 is 0. The molecule has 1 aromatic heterocycles. The molecule has 0 spiro atoms. The first-order valence-electron chi connectivity index (χ1n) is 6.38. The lowest BCUT2D eigenvalue weighted by atomic mass is 9.94. The van der Waals surface area contributed by atoms with Crippen LogP contribution in [0.15, 0.2) is 18.3 Å². The van der Waals surface area contributed by atoms with E-state index in [2.05, 4.69) is 36.4 Å². The van der Waals surface area contributed by atoms with Crippen LogP contribution in [0.1, 0.15) is 36.9 Å². The van der Waals surface area contributed by atoms with Crippen molar-refractivity contribution in [1.29, 1.82) is 0 Å². The highest BCUT2D eigenvalue weighted by Gasteiger charge is 2.23. The third-order valence-electron chi connectivity index (χ3n) is 3.74. The number of aromatic nitrogens is 1. The van der Waals surface area contributed by atoms with Crippen molar-refractivity contribution in [2.75, 3.05) is 7.05 Å². The molecule has 16 heavy (non-hydrogen) atoms. The summed E-state index contributed by atoms with van der Waals surface area (Å²) in [5, 5.41) is 3.47. The van der Waals surface area contributed by atoms with Crippen molar-refractivity contribution in [1.82, 2.24) is 10.3 Å². The molecule has 1 fully saturated rings. The van der Waals surface area contributed by atoms with Gasteiger partial charge in [-0.15, -0.1) is 0 Å². The molecule has 88 valence electrons. The molecule has 0 aliphatic heterocycles. The number of hydrogen-bond acceptors (Lipinski definition) is 2. The Bertz CT molecular complexity index is 312. The van der Waals surface area contributed by atoms with Gasteiger partial charge in [0, 0.05) is 24.4 Å². The van der Waals surface area contributed by atoms with Gasteiger partial charge in [-0.1, -0.05) is 18.9 Å². The molecular formula is C14H22N2. The quantitative estimate of drug-likeness (QED) is 0.840. The Morgan fingerprint density at radius 2 is 2.12 bits per heavy atom. The lowest BCUT2D eigenvalue weighted by Gasteiger charge is -2.22. The molecule has 2 rings (SSSR count). The van der Waals surface area contributed by atoms with Crippen LogP contribution >= 0.6 is 0 Å². The smallest absolute Gasteiger partial charge is 0.0419 e. The molecule has 1 heterocycles. The lowest BCUT2D eigenvalue weighted by molar-refractivity contribution is 0.375. The summed E-state index contributed by atoms with van der Waals surface area (Å²) < 4.78 is 0. The summed E-state index contributed by atoms with van der Waals surface area (Å²) in [7, 11) is 2.08. The maximum Gasteiger partial charge on any atom is 0.0419 e. The molecule has 2 nitrogen and oxygen atoms in total. The zero-order chi connectivity index (χ0) is 11.4. The minimum atomic E-state index is 0.609. The maximum atomic E-state index is 4.50. The van der Waals surface area contributed by atoms with Gasteiger partial charge in [-0.05, 0) is 44.4 Å². The summed E-state index contributed by atoms with van der Waals surface area (Å²) in [6.45, 7) is 2.09. The second kappa shape index (κ2) is 5.44. The standard InChI is InChI=1S/C14H22N2/c1-11-7-8-13(16-10-11)9-14(15-2)12-5-3-4-6-12/h7-8,10,12,14-15H,3-6,9H2,1-2H3. The van der Waals surface area contributed by atoms with Gasteiger partial charge in [-0.2, -0.15) is 0 Å². The van der Waals surface area contributed by atoms with Crippen LogP contribution in [0.2, 0.25) is 0 Å². The van der Waals surface area contributed by atoms with Gasteiger partial charge in [0.15, 0.2) is 0 Å². The van der Waals surface area contributed by atoms with E-state index in [-0.39, 0.29) is 0 Å². The summed E-state index contributed by atoms with van der Waals surface area (Å²) in [5.41, 5.74) is 2.46. The van der Waals surface area contributed by atoms with Gasteiger partial charge in [0.05, 0.1) is 0 Å². The third kappa shape index (κ3) is 2.82. The molecule has 2 heteroatoms. The van der Waals surface area contributed by atoms with Gasteiger partial charge in [0.2, 0.25) is 0 Å². The molecule has 1 aromatic rings. The molecular weight excluding hydrogens is 196 g/mol. The summed E-state index contributed by atoms with van der Waals surface area (Å²) in [6.07, 6.45) is 8.63. The first kappa shape index (κ1) is 11.6. The molecule has 1 aliphatic rings. The average molecular weight is 218 g/mol. The van der Waals surface area contributed by atoms with Crippen LogP contribution in [-0.2, 0) is 6.42 Å². The fraction of sp³-hybridized carbons (Fsp3) is 0.643. The van der Waals surface area contributed by atoms with E-state index in [9.17, 15) is 0 Å². The van der Waals surface area contributed by atoms with Gasteiger partial charge in [-0.25, -0.2) is 0 Å². The fourth-order valence-electron chi connectivity index (χ4n) is 2.71. The molecule has 1 aliphatic carbocycles. The first-order valence-corrected chi connectivity index (χ1v) is 6.38. The Balaban J connectivity index is 1.97. The van der Waals surface area contributed by atoms with Crippen LogP contribution in [0.25, 0.3) is 0 Å². The molecule has 0 amide bonds. The zero-order valence-corrected chi connectivity index (χ0v) is 10.4. The lowest BCUT2D eigenvalue weighted by Crippen LogP contribution is -2.34. The number of aryl methyl sites for hydroxylation is 1. The average Bonchev–Trinajstić information content (AvgIpc) is 2.82. The number of nitrogens with zero attached hydrogens (tertiary/aromatic N) is 1. The minimum Gasteiger partial charge on any atom is -0.316 e. The van der Waals surface area contributed by atoms with Gasteiger partial charge in [-0.3, -0.25) is 4.98 Å². The topological polar surface area (TPSA) is 24.9 Å². The predicted octanol–water partition coefficient (Wildman–Crippen LogP) is 2.71. The van der Waals surface area contributed by atoms with Gasteiger partial charge >= 0.3 is 0 Å². The molecule has 0 aromatic carbocycles. The minimum absolute atomic E-state index is 0.609. The van der Waals surface area contributed by atoms with Crippen molar-refractivity contribution >= 4 is 0 Å². The molecule has 1 atom stereocenters. The number of hydrogen-bond donors (Lipinski definition) is 1. The Labute approximate surface area is 98.5 Å². The number of rotatable bonds is 4. The maximum absolute atomic E-state index is 4.50. The molecule has 1 saturated carbocycles. The SMILES string of the molecule is CNC(Cc1ccc(C)cn1)C1CCCC1. The van der Waals surface area contributed by atoms with Crippen molar-refractivity contribution in [3.05, 3.63) is 29.6 Å². The highest BCUT2D eigenvalue weighted by Crippen LogP contribution is 2.28. The monoisotopic (exact) mass is 218 g/mol. The van der Waals surface area contributed by atoms with Crippen LogP contribution in [-0.4, -0.2) is 18.1 Å². The van der Waals surface area contributed by atoms with Crippen LogP contribution in [0.3, 0.4) is 0 Å². The van der Waals surface area contributed by atoms with Crippen molar-refractivity contribution in [3.63, 3.8) is 0 Å². The predicted molar refractivity (Wildman–Crippen MR) is 67.5 cm³/mol. The van der Waals surface area contributed by atoms with Crippen LogP contribution in [0.4, 0.5) is 0 Å². The van der Waals surface area contributed by atoms with Crippen LogP contribution < -0.4 is 5.32 Å². The van der Waals surface area contributed by atoms with E-state index >= 15 is 0 Å². The van der Waals surface area contributed by atoms with Crippen molar-refractivity contribution in [3.8, 4) is 0 Å². The number of nitrogens with one attached hydrogen (secondary N) is 1. The highest BCUT2D eigenvalue weighted by atomic mass is 14.9. The Hall–Kier alpha value is -0.890. The second-order valence-corrected chi connectivity index (χ2v) is 4.97. The van der Waals surface area contributed by atoms with E-state index in [0.29, 0.717) is 6.04 Å². The normalized spacial score (nSPS) is 18.9. The van der Waals surface area contributed by atoms with Crippen LogP contribution in [0.5, 0.6) is 0 Å². The largest absolute Gasteiger partial charge is 0.316 e. The van der Waals surface area contributed by atoms with E-state index in [0.717, 1.165) is 12.3 Å². The number of pyridine rings is 1. The van der Waals surface area contributed by atoms with E-state index < -0.39 is 0 Å². The van der Waals surface area contributed by atoms with E-state index in [4.69, 9.17) is 0 Å². The van der Waals surface area contributed by atoms with Crippen molar-refractivity contribution in [2.45, 2.75) is 45.1 Å². The summed E-state index contributed by atoms with van der Waals surface area (Å²) in [6, 6.07) is 4.93. The number of likely N-dealkylation sites (N-methyl/N-ethyl adjacent to an activating group) is 1. The summed E-state index contributed by atoms with van der Waals surface area (Å²) in [4.78, 5) is 4.50. The van der Waals surface area contributed by atoms with Gasteiger partial charge in [0.1, 0.15) is 0 Å². The molecule has 1 N–H and O–H groups in total. The zero-order valence-electron chi connectivity index (χ0n) is 10.4. The van der Waals surface area contributed by atoms with E-state index in [1.165, 1.54) is 36.9 Å². The molecule has 0 saturated heterocycles. The Kier molecular flexibility index (Phi) is 3.94. The molecule has 0 radical (unpaired) electrons. The Morgan fingerprint density at radius 1 is 1.38 bits per heavy atom. The van der Waals surface area contributed by atoms with Gasteiger partial charge < -0.3 is 5.32 Å².